The number of nitrogen functional groups attached to an aromatic ring is 1. The number of ether oxygens (including phenoxy) is 2. The second-order valence-electron chi connectivity index (χ2n) is 6.34. The van der Waals surface area contributed by atoms with E-state index in [1.807, 2.05) is 0 Å². The lowest BCUT2D eigenvalue weighted by Gasteiger charge is -2.17. The fourth-order valence-corrected chi connectivity index (χ4v) is 3.09. The van der Waals surface area contributed by atoms with Crippen LogP contribution in [0.25, 0.3) is 11.2 Å². The maximum atomic E-state index is 10.3. The Bertz CT molecular complexity index is 978. The molecule has 6 N–H and O–H groups in total. The minimum absolute atomic E-state index is 0.145. The fourth-order valence-electron chi connectivity index (χ4n) is 3.09. The molecule has 1 fully saturated rings. The molecule has 4 rings (SSSR count). The Morgan fingerprint density at radius 1 is 1.21 bits per heavy atom. The molecule has 0 unspecified atom stereocenters. The van der Waals surface area contributed by atoms with Gasteiger partial charge in [0.15, 0.2) is 17.7 Å². The van der Waals surface area contributed by atoms with Crippen molar-refractivity contribution < 1.29 is 24.8 Å². The minimum atomic E-state index is -1.26. The third-order valence-corrected chi connectivity index (χ3v) is 4.59. The molecule has 11 heteroatoms. The molecule has 1 aliphatic heterocycles. The first-order chi connectivity index (χ1) is 13.5. The predicted molar refractivity (Wildman–Crippen MR) is 99.0 cm³/mol. The average Bonchev–Trinajstić information content (AvgIpc) is 3.24. The normalized spacial score (nSPS) is 24.6. The number of anilines is 3. The largest absolute Gasteiger partial charge is 0.497 e. The SMILES string of the molecule is COc1ccc(Nc2nc(N)c3ncn([C@@H]4O[C@H](CO)[C@@H](O)[C@H]4O)c3n2)cc1. The van der Waals surface area contributed by atoms with Crippen LogP contribution in [-0.2, 0) is 4.74 Å². The van der Waals surface area contributed by atoms with Crippen LogP contribution in [0.4, 0.5) is 17.5 Å². The number of aromatic nitrogens is 4. The van der Waals surface area contributed by atoms with Gasteiger partial charge in [0.2, 0.25) is 5.95 Å². The van der Waals surface area contributed by atoms with Gasteiger partial charge >= 0.3 is 0 Å². The first-order valence-electron chi connectivity index (χ1n) is 8.55. The Balaban J connectivity index is 1.68. The molecular weight excluding hydrogens is 368 g/mol. The molecule has 0 spiro atoms. The number of benzene rings is 1. The summed E-state index contributed by atoms with van der Waals surface area (Å²) < 4.78 is 12.1. The summed E-state index contributed by atoms with van der Waals surface area (Å²) in [6.07, 6.45) is -2.98. The van der Waals surface area contributed by atoms with Crippen LogP contribution < -0.4 is 15.8 Å². The molecule has 0 radical (unpaired) electrons. The maximum absolute atomic E-state index is 10.3. The summed E-state index contributed by atoms with van der Waals surface area (Å²) in [6, 6.07) is 7.17. The minimum Gasteiger partial charge on any atom is -0.497 e. The third-order valence-electron chi connectivity index (χ3n) is 4.59. The van der Waals surface area contributed by atoms with Gasteiger partial charge in [-0.25, -0.2) is 4.98 Å². The van der Waals surface area contributed by atoms with Crippen molar-refractivity contribution in [3.05, 3.63) is 30.6 Å². The molecule has 1 aliphatic rings. The number of fused-ring (bicyclic) bond motifs is 1. The zero-order chi connectivity index (χ0) is 19.8. The van der Waals surface area contributed by atoms with Crippen LogP contribution in [0.3, 0.4) is 0 Å². The van der Waals surface area contributed by atoms with Crippen LogP contribution in [0, 0.1) is 0 Å². The molecule has 0 saturated carbocycles. The van der Waals surface area contributed by atoms with Crippen molar-refractivity contribution in [3.8, 4) is 5.75 Å². The van der Waals surface area contributed by atoms with E-state index in [9.17, 15) is 15.3 Å². The summed E-state index contributed by atoms with van der Waals surface area (Å²) in [7, 11) is 1.58. The van der Waals surface area contributed by atoms with Crippen molar-refractivity contribution in [1.82, 2.24) is 19.5 Å². The van der Waals surface area contributed by atoms with Gasteiger partial charge in [-0.05, 0) is 24.3 Å². The molecule has 28 heavy (non-hydrogen) atoms. The zero-order valence-corrected chi connectivity index (χ0v) is 14.9. The predicted octanol–water partition coefficient (Wildman–Crippen LogP) is -0.228. The van der Waals surface area contributed by atoms with Crippen LogP contribution in [0.5, 0.6) is 5.75 Å². The van der Waals surface area contributed by atoms with E-state index >= 15 is 0 Å². The molecule has 2 aromatic heterocycles. The Morgan fingerprint density at radius 3 is 2.61 bits per heavy atom. The van der Waals surface area contributed by atoms with Crippen molar-refractivity contribution in [2.45, 2.75) is 24.5 Å². The third kappa shape index (κ3) is 3.10. The molecule has 1 saturated heterocycles. The standard InChI is InChI=1S/C17H20N6O5/c1-27-9-4-2-8(3-5-9)20-17-21-14(18)11-15(22-17)23(7-19-11)16-13(26)12(25)10(6-24)28-16/h2-5,7,10,12-13,16,24-26H,6H2,1H3,(H3,18,20,21,22)/t10-,12-,13-,16-/m1/s1. The number of nitrogens with one attached hydrogen (secondary N) is 1. The van der Waals surface area contributed by atoms with Crippen LogP contribution in [0.2, 0.25) is 0 Å². The summed E-state index contributed by atoms with van der Waals surface area (Å²) >= 11 is 0. The molecule has 0 bridgehead atoms. The lowest BCUT2D eigenvalue weighted by Crippen LogP contribution is -2.33. The number of rotatable bonds is 5. The van der Waals surface area contributed by atoms with Crippen LogP contribution in [-0.4, -0.2) is 66.9 Å². The van der Waals surface area contributed by atoms with Crippen LogP contribution >= 0.6 is 0 Å². The molecule has 0 aliphatic carbocycles. The highest BCUT2D eigenvalue weighted by Crippen LogP contribution is 2.32. The number of hydrogen-bond donors (Lipinski definition) is 5. The summed E-state index contributed by atoms with van der Waals surface area (Å²) in [5.41, 5.74) is 7.37. The first-order valence-corrected chi connectivity index (χ1v) is 8.55. The van der Waals surface area contributed by atoms with Gasteiger partial charge in [-0.3, -0.25) is 4.57 Å². The van der Waals surface area contributed by atoms with Crippen molar-refractivity contribution >= 4 is 28.6 Å². The molecule has 4 atom stereocenters. The highest BCUT2D eigenvalue weighted by atomic mass is 16.6. The lowest BCUT2D eigenvalue weighted by molar-refractivity contribution is -0.0511. The van der Waals surface area contributed by atoms with Gasteiger partial charge in [0.05, 0.1) is 20.0 Å². The van der Waals surface area contributed by atoms with E-state index in [-0.39, 0.29) is 11.8 Å². The number of aliphatic hydroxyl groups excluding tert-OH is 3. The van der Waals surface area contributed by atoms with Gasteiger partial charge < -0.3 is 35.8 Å². The topological polar surface area (TPSA) is 161 Å². The van der Waals surface area contributed by atoms with Crippen molar-refractivity contribution in [3.63, 3.8) is 0 Å². The van der Waals surface area contributed by atoms with E-state index in [2.05, 4.69) is 20.3 Å². The van der Waals surface area contributed by atoms with Crippen molar-refractivity contribution in [2.75, 3.05) is 24.8 Å². The zero-order valence-electron chi connectivity index (χ0n) is 14.9. The average molecular weight is 388 g/mol. The monoisotopic (exact) mass is 388 g/mol. The number of imidazole rings is 1. The smallest absolute Gasteiger partial charge is 0.231 e. The number of aliphatic hydroxyl groups is 3. The van der Waals surface area contributed by atoms with E-state index < -0.39 is 31.1 Å². The van der Waals surface area contributed by atoms with Gasteiger partial charge in [0.1, 0.15) is 29.6 Å². The highest BCUT2D eigenvalue weighted by Gasteiger charge is 2.44. The Kier molecular flexibility index (Phi) is 4.73. The Labute approximate surface area is 159 Å². The molecule has 11 nitrogen and oxygen atoms in total. The van der Waals surface area contributed by atoms with E-state index in [1.165, 1.54) is 10.9 Å². The summed E-state index contributed by atoms with van der Waals surface area (Å²) in [5, 5.41) is 32.6. The van der Waals surface area contributed by atoms with E-state index in [1.54, 1.807) is 31.4 Å². The molecule has 1 aromatic carbocycles. The summed E-state index contributed by atoms with van der Waals surface area (Å²) in [6.45, 7) is -0.428. The Morgan fingerprint density at radius 2 is 1.96 bits per heavy atom. The number of methoxy groups -OCH3 is 1. The van der Waals surface area contributed by atoms with Gasteiger partial charge in [-0.15, -0.1) is 0 Å². The van der Waals surface area contributed by atoms with Crippen molar-refractivity contribution in [2.24, 2.45) is 0 Å². The molecular formula is C17H20N6O5. The quantitative estimate of drug-likeness (QED) is 0.395. The summed E-state index contributed by atoms with van der Waals surface area (Å²) in [4.78, 5) is 12.8. The molecule has 3 heterocycles. The van der Waals surface area contributed by atoms with Crippen molar-refractivity contribution in [1.29, 1.82) is 0 Å². The van der Waals surface area contributed by atoms with Crippen LogP contribution in [0.1, 0.15) is 6.23 Å². The van der Waals surface area contributed by atoms with Gasteiger partial charge in [0, 0.05) is 5.69 Å². The molecule has 0 amide bonds. The molecule has 148 valence electrons. The maximum Gasteiger partial charge on any atom is 0.231 e. The number of hydrogen-bond acceptors (Lipinski definition) is 10. The second kappa shape index (κ2) is 7.20. The first kappa shape index (κ1) is 18.4. The Hall–Kier alpha value is -2.99. The van der Waals surface area contributed by atoms with E-state index in [0.717, 1.165) is 5.69 Å². The molecule has 3 aromatic rings. The van der Waals surface area contributed by atoms with E-state index in [0.29, 0.717) is 16.9 Å². The van der Waals surface area contributed by atoms with Gasteiger partial charge in [-0.2, -0.15) is 9.97 Å². The van der Waals surface area contributed by atoms with Gasteiger partial charge in [-0.1, -0.05) is 0 Å². The van der Waals surface area contributed by atoms with Crippen LogP contribution in [0.15, 0.2) is 30.6 Å². The lowest BCUT2D eigenvalue weighted by atomic mass is 10.1. The number of nitrogens with two attached hydrogens (primary N) is 1. The van der Waals surface area contributed by atoms with Gasteiger partial charge in [0.25, 0.3) is 0 Å². The highest BCUT2D eigenvalue weighted by molar-refractivity contribution is 5.83. The second-order valence-corrected chi connectivity index (χ2v) is 6.34. The van der Waals surface area contributed by atoms with E-state index in [4.69, 9.17) is 15.2 Å². The summed E-state index contributed by atoms with van der Waals surface area (Å²) in [5.74, 6) is 1.08. The fraction of sp³-hybridized carbons (Fsp3) is 0.353. The number of nitrogens with zero attached hydrogens (tertiary/aromatic N) is 4.